The van der Waals surface area contributed by atoms with Gasteiger partial charge in [-0.05, 0) is 24.1 Å². The summed E-state index contributed by atoms with van der Waals surface area (Å²) >= 11 is 5.76. The van der Waals surface area contributed by atoms with E-state index in [1.807, 2.05) is 0 Å². The van der Waals surface area contributed by atoms with Gasteiger partial charge in [0.1, 0.15) is 6.04 Å². The van der Waals surface area contributed by atoms with Crippen molar-refractivity contribution in [2.24, 2.45) is 0 Å². The Morgan fingerprint density at radius 3 is 2.67 bits per heavy atom. The quantitative estimate of drug-likeness (QED) is 0.787. The minimum atomic E-state index is -0.637. The SMILES string of the molecule is O=C(COC(=O)[C@@H]1CCC(=O)N1)NCc1ccc(Cl)cc1. The van der Waals surface area contributed by atoms with E-state index in [4.69, 9.17) is 16.3 Å². The summed E-state index contributed by atoms with van der Waals surface area (Å²) < 4.78 is 4.86. The van der Waals surface area contributed by atoms with Crippen molar-refractivity contribution in [1.82, 2.24) is 10.6 Å². The van der Waals surface area contributed by atoms with Crippen LogP contribution >= 0.6 is 11.6 Å². The zero-order chi connectivity index (χ0) is 15.2. The third-order valence-corrected chi connectivity index (χ3v) is 3.28. The van der Waals surface area contributed by atoms with Crippen LogP contribution in [0, 0.1) is 0 Å². The molecule has 0 aromatic heterocycles. The standard InChI is InChI=1S/C14H15ClN2O4/c15-10-3-1-9(2-4-10)7-16-13(19)8-21-14(20)11-5-6-12(18)17-11/h1-4,11H,5-8H2,(H,16,19)(H,17,18)/t11-/m0/s1. The van der Waals surface area contributed by atoms with Gasteiger partial charge < -0.3 is 15.4 Å². The number of nitrogens with one attached hydrogen (secondary N) is 2. The first-order valence-corrected chi connectivity index (χ1v) is 6.89. The van der Waals surface area contributed by atoms with Crippen molar-refractivity contribution >= 4 is 29.4 Å². The summed E-state index contributed by atoms with van der Waals surface area (Å²) in [6, 6.07) is 6.41. The summed E-state index contributed by atoms with van der Waals surface area (Å²) in [6.07, 6.45) is 0.715. The second kappa shape index (κ2) is 7.08. The highest BCUT2D eigenvalue weighted by Crippen LogP contribution is 2.09. The van der Waals surface area contributed by atoms with Gasteiger partial charge in [0.25, 0.3) is 5.91 Å². The molecule has 1 fully saturated rings. The second-order valence-electron chi connectivity index (χ2n) is 4.67. The van der Waals surface area contributed by atoms with Crippen molar-refractivity contribution in [2.45, 2.75) is 25.4 Å². The Morgan fingerprint density at radius 2 is 2.05 bits per heavy atom. The van der Waals surface area contributed by atoms with E-state index in [1.165, 1.54) is 0 Å². The lowest BCUT2D eigenvalue weighted by Gasteiger charge is -2.10. The lowest BCUT2D eigenvalue weighted by Crippen LogP contribution is -2.37. The van der Waals surface area contributed by atoms with Crippen LogP contribution in [0.4, 0.5) is 0 Å². The summed E-state index contributed by atoms with van der Waals surface area (Å²) in [5.74, 6) is -1.16. The van der Waals surface area contributed by atoms with Crippen molar-refractivity contribution in [3.63, 3.8) is 0 Å². The van der Waals surface area contributed by atoms with Crippen LogP contribution in [0.25, 0.3) is 0 Å². The fourth-order valence-corrected chi connectivity index (χ4v) is 2.01. The molecule has 0 spiro atoms. The molecule has 21 heavy (non-hydrogen) atoms. The molecule has 7 heteroatoms. The third-order valence-electron chi connectivity index (χ3n) is 3.03. The van der Waals surface area contributed by atoms with Gasteiger partial charge in [0, 0.05) is 18.0 Å². The molecule has 112 valence electrons. The molecule has 0 radical (unpaired) electrons. The Bertz CT molecular complexity index is 544. The van der Waals surface area contributed by atoms with E-state index in [0.29, 0.717) is 24.4 Å². The molecule has 2 N–H and O–H groups in total. The van der Waals surface area contributed by atoms with Crippen LogP contribution < -0.4 is 10.6 Å². The van der Waals surface area contributed by atoms with Crippen LogP contribution in [0.3, 0.4) is 0 Å². The zero-order valence-electron chi connectivity index (χ0n) is 11.2. The van der Waals surface area contributed by atoms with E-state index in [0.717, 1.165) is 5.56 Å². The zero-order valence-corrected chi connectivity index (χ0v) is 12.0. The third kappa shape index (κ3) is 4.75. The monoisotopic (exact) mass is 310 g/mol. The molecular weight excluding hydrogens is 296 g/mol. The van der Waals surface area contributed by atoms with E-state index in [-0.39, 0.29) is 12.5 Å². The Labute approximate surface area is 126 Å². The molecule has 1 aromatic rings. The average Bonchev–Trinajstić information content (AvgIpc) is 2.91. The maximum absolute atomic E-state index is 11.6. The number of hydrogen-bond acceptors (Lipinski definition) is 4. The summed E-state index contributed by atoms with van der Waals surface area (Å²) in [4.78, 5) is 34.1. The van der Waals surface area contributed by atoms with Crippen molar-refractivity contribution in [3.8, 4) is 0 Å². The van der Waals surface area contributed by atoms with E-state index in [1.54, 1.807) is 24.3 Å². The highest BCUT2D eigenvalue weighted by molar-refractivity contribution is 6.30. The normalized spacial score (nSPS) is 17.2. The highest BCUT2D eigenvalue weighted by atomic mass is 35.5. The van der Waals surface area contributed by atoms with Crippen LogP contribution in [0.5, 0.6) is 0 Å². The van der Waals surface area contributed by atoms with Gasteiger partial charge in [-0.15, -0.1) is 0 Å². The van der Waals surface area contributed by atoms with Crippen LogP contribution in [0.1, 0.15) is 18.4 Å². The van der Waals surface area contributed by atoms with Gasteiger partial charge in [-0.25, -0.2) is 4.79 Å². The van der Waals surface area contributed by atoms with Crippen LogP contribution in [0.15, 0.2) is 24.3 Å². The Morgan fingerprint density at radius 1 is 1.33 bits per heavy atom. The maximum atomic E-state index is 11.6. The van der Waals surface area contributed by atoms with E-state index in [2.05, 4.69) is 10.6 Å². The van der Waals surface area contributed by atoms with Gasteiger partial charge >= 0.3 is 5.97 Å². The number of rotatable bonds is 5. The number of esters is 1. The van der Waals surface area contributed by atoms with Crippen molar-refractivity contribution < 1.29 is 19.1 Å². The largest absolute Gasteiger partial charge is 0.454 e. The maximum Gasteiger partial charge on any atom is 0.329 e. The van der Waals surface area contributed by atoms with Gasteiger partial charge in [-0.2, -0.15) is 0 Å². The minimum Gasteiger partial charge on any atom is -0.454 e. The summed E-state index contributed by atoms with van der Waals surface area (Å²) in [6.45, 7) is -0.0352. The molecule has 1 aliphatic heterocycles. The molecule has 6 nitrogen and oxygen atoms in total. The molecule has 1 saturated heterocycles. The molecule has 1 heterocycles. The summed E-state index contributed by atoms with van der Waals surface area (Å²) in [5, 5.41) is 5.73. The first-order chi connectivity index (χ1) is 10.0. The molecular formula is C14H15ClN2O4. The van der Waals surface area contributed by atoms with Crippen molar-refractivity contribution in [2.75, 3.05) is 6.61 Å². The Balaban J connectivity index is 1.68. The number of hydrogen-bond donors (Lipinski definition) is 2. The van der Waals surface area contributed by atoms with Crippen LogP contribution in [0.2, 0.25) is 5.02 Å². The fraction of sp³-hybridized carbons (Fsp3) is 0.357. The Hall–Kier alpha value is -2.08. The predicted octanol–water partition coefficient (Wildman–Crippen LogP) is 0.778. The topological polar surface area (TPSA) is 84.5 Å². The fourth-order valence-electron chi connectivity index (χ4n) is 1.88. The number of benzene rings is 1. The van der Waals surface area contributed by atoms with Crippen LogP contribution in [-0.2, 0) is 25.7 Å². The van der Waals surface area contributed by atoms with Crippen molar-refractivity contribution in [3.05, 3.63) is 34.9 Å². The van der Waals surface area contributed by atoms with Gasteiger partial charge in [0.15, 0.2) is 6.61 Å². The number of carbonyl (C=O) groups is 3. The average molecular weight is 311 g/mol. The van der Waals surface area contributed by atoms with E-state index >= 15 is 0 Å². The summed E-state index contributed by atoms with van der Waals surface area (Å²) in [7, 11) is 0. The van der Waals surface area contributed by atoms with Gasteiger partial charge in [-0.1, -0.05) is 23.7 Å². The predicted molar refractivity (Wildman–Crippen MR) is 75.4 cm³/mol. The molecule has 0 bridgehead atoms. The first-order valence-electron chi connectivity index (χ1n) is 6.52. The summed E-state index contributed by atoms with van der Waals surface area (Å²) in [5.41, 5.74) is 0.891. The van der Waals surface area contributed by atoms with E-state index < -0.39 is 17.9 Å². The molecule has 1 aliphatic rings. The second-order valence-corrected chi connectivity index (χ2v) is 5.11. The molecule has 2 rings (SSSR count). The number of ether oxygens (including phenoxy) is 1. The van der Waals surface area contributed by atoms with Crippen LogP contribution in [-0.4, -0.2) is 30.4 Å². The Kier molecular flexibility index (Phi) is 5.16. The highest BCUT2D eigenvalue weighted by Gasteiger charge is 2.28. The van der Waals surface area contributed by atoms with Gasteiger partial charge in [-0.3, -0.25) is 9.59 Å². The lowest BCUT2D eigenvalue weighted by atomic mass is 10.2. The number of halogens is 1. The van der Waals surface area contributed by atoms with Gasteiger partial charge in [0.05, 0.1) is 0 Å². The molecule has 0 aliphatic carbocycles. The molecule has 0 unspecified atom stereocenters. The number of amides is 2. The smallest absolute Gasteiger partial charge is 0.329 e. The van der Waals surface area contributed by atoms with E-state index in [9.17, 15) is 14.4 Å². The van der Waals surface area contributed by atoms with Crippen molar-refractivity contribution in [1.29, 1.82) is 0 Å². The molecule has 2 amide bonds. The molecule has 1 aromatic carbocycles. The minimum absolute atomic E-state index is 0.177. The van der Waals surface area contributed by atoms with Gasteiger partial charge in [0.2, 0.25) is 5.91 Å². The lowest BCUT2D eigenvalue weighted by molar-refractivity contribution is -0.150. The molecule has 0 saturated carbocycles. The first kappa shape index (κ1) is 15.3. The molecule has 1 atom stereocenters. The number of carbonyl (C=O) groups excluding carboxylic acids is 3.